The Bertz CT molecular complexity index is 763. The largest absolute Gasteiger partial charge is 0.465 e. The van der Waals surface area contributed by atoms with E-state index in [1.165, 1.54) is 11.8 Å². The smallest absolute Gasteiger partial charge is 0.230 e. The zero-order valence-corrected chi connectivity index (χ0v) is 13.7. The molecule has 0 saturated carbocycles. The minimum absolute atomic E-state index is 0.0409. The van der Waals surface area contributed by atoms with Crippen LogP contribution < -0.4 is 5.32 Å². The van der Waals surface area contributed by atoms with Crippen molar-refractivity contribution < 1.29 is 9.21 Å². The molecular weight excluding hydrogens is 332 g/mol. The third-order valence-corrected chi connectivity index (χ3v) is 4.53. The highest BCUT2D eigenvalue weighted by molar-refractivity contribution is 7.99. The van der Waals surface area contributed by atoms with Gasteiger partial charge in [0.05, 0.1) is 18.6 Å². The standard InChI is InChI=1S/C15H14N4O2S2/c20-14(16-9-12-4-2-8-22-12)10-23-15-17-13(18-19-15)6-5-11-3-1-7-21-11/h1-8H,9-10H2,(H,16,20)(H,17,18,19). The van der Waals surface area contributed by atoms with Crippen LogP contribution in [-0.2, 0) is 11.3 Å². The Morgan fingerprint density at radius 3 is 3.13 bits per heavy atom. The first-order valence-electron chi connectivity index (χ1n) is 6.85. The van der Waals surface area contributed by atoms with Gasteiger partial charge in [0.25, 0.3) is 0 Å². The molecule has 0 radical (unpaired) electrons. The number of thioether (sulfide) groups is 1. The summed E-state index contributed by atoms with van der Waals surface area (Å²) in [6, 6.07) is 7.62. The van der Waals surface area contributed by atoms with E-state index in [0.717, 1.165) is 10.6 Å². The number of amides is 1. The summed E-state index contributed by atoms with van der Waals surface area (Å²) in [5.41, 5.74) is 0. The molecule has 0 spiro atoms. The van der Waals surface area contributed by atoms with E-state index in [9.17, 15) is 4.79 Å². The maximum Gasteiger partial charge on any atom is 0.230 e. The Morgan fingerprint density at radius 1 is 1.39 bits per heavy atom. The number of rotatable bonds is 7. The second-order valence-corrected chi connectivity index (χ2v) is 6.47. The number of thiophene rings is 1. The number of H-pyrrole nitrogens is 1. The van der Waals surface area contributed by atoms with Crippen molar-refractivity contribution in [3.05, 3.63) is 52.4 Å². The molecule has 2 N–H and O–H groups in total. The lowest BCUT2D eigenvalue weighted by molar-refractivity contribution is -0.118. The predicted molar refractivity (Wildman–Crippen MR) is 90.9 cm³/mol. The lowest BCUT2D eigenvalue weighted by Gasteiger charge is -2.01. The van der Waals surface area contributed by atoms with Gasteiger partial charge in [0.2, 0.25) is 11.1 Å². The normalized spacial score (nSPS) is 11.1. The summed E-state index contributed by atoms with van der Waals surface area (Å²) in [7, 11) is 0. The predicted octanol–water partition coefficient (Wildman–Crippen LogP) is 3.04. The molecule has 0 aliphatic carbocycles. The molecule has 3 aromatic rings. The number of furan rings is 1. The highest BCUT2D eigenvalue weighted by atomic mass is 32.2. The summed E-state index contributed by atoms with van der Waals surface area (Å²) in [5.74, 6) is 1.59. The Morgan fingerprint density at radius 2 is 2.35 bits per heavy atom. The Labute approximate surface area is 141 Å². The van der Waals surface area contributed by atoms with E-state index in [4.69, 9.17) is 4.42 Å². The van der Waals surface area contributed by atoms with Gasteiger partial charge in [-0.15, -0.1) is 16.4 Å². The van der Waals surface area contributed by atoms with E-state index < -0.39 is 0 Å². The number of aromatic nitrogens is 3. The number of carbonyl (C=O) groups excluding carboxylic acids is 1. The van der Waals surface area contributed by atoms with Crippen molar-refractivity contribution in [3.63, 3.8) is 0 Å². The number of nitrogens with zero attached hydrogens (tertiary/aromatic N) is 2. The number of hydrogen-bond acceptors (Lipinski definition) is 6. The van der Waals surface area contributed by atoms with Crippen LogP contribution in [0.2, 0.25) is 0 Å². The highest BCUT2D eigenvalue weighted by Gasteiger charge is 2.07. The van der Waals surface area contributed by atoms with Crippen LogP contribution in [0.4, 0.5) is 0 Å². The molecule has 3 heterocycles. The second-order valence-electron chi connectivity index (χ2n) is 4.50. The summed E-state index contributed by atoms with van der Waals surface area (Å²) < 4.78 is 5.19. The number of nitrogens with one attached hydrogen (secondary N) is 2. The van der Waals surface area contributed by atoms with Crippen LogP contribution >= 0.6 is 23.1 Å². The fraction of sp³-hybridized carbons (Fsp3) is 0.133. The molecule has 0 aromatic carbocycles. The molecule has 0 aliphatic rings. The molecule has 0 atom stereocenters. The maximum absolute atomic E-state index is 11.8. The average molecular weight is 346 g/mol. The van der Waals surface area contributed by atoms with Crippen LogP contribution in [0.25, 0.3) is 12.2 Å². The SMILES string of the molecule is O=C(CSc1n[nH]c(C=Cc2ccco2)n1)NCc1cccs1. The maximum atomic E-state index is 11.8. The van der Waals surface area contributed by atoms with Crippen molar-refractivity contribution in [2.75, 3.05) is 5.75 Å². The molecule has 3 rings (SSSR count). The molecule has 0 bridgehead atoms. The molecule has 3 aromatic heterocycles. The zero-order valence-electron chi connectivity index (χ0n) is 12.1. The van der Waals surface area contributed by atoms with Gasteiger partial charge in [-0.3, -0.25) is 9.89 Å². The third-order valence-electron chi connectivity index (χ3n) is 2.80. The van der Waals surface area contributed by atoms with E-state index in [1.807, 2.05) is 29.6 Å². The molecule has 1 amide bonds. The van der Waals surface area contributed by atoms with E-state index >= 15 is 0 Å². The van der Waals surface area contributed by atoms with Gasteiger partial charge in [-0.05, 0) is 35.7 Å². The van der Waals surface area contributed by atoms with Crippen LogP contribution in [0.15, 0.2) is 45.5 Å². The molecule has 8 heteroatoms. The first-order valence-corrected chi connectivity index (χ1v) is 8.72. The van der Waals surface area contributed by atoms with Crippen LogP contribution in [0.1, 0.15) is 16.5 Å². The Balaban J connectivity index is 1.44. The van der Waals surface area contributed by atoms with Crippen molar-refractivity contribution in [2.24, 2.45) is 0 Å². The highest BCUT2D eigenvalue weighted by Crippen LogP contribution is 2.14. The van der Waals surface area contributed by atoms with Gasteiger partial charge in [-0.1, -0.05) is 17.8 Å². The van der Waals surface area contributed by atoms with Crippen molar-refractivity contribution >= 4 is 41.2 Å². The average Bonchev–Trinajstić information content (AvgIpc) is 3.31. The number of aromatic amines is 1. The Hall–Kier alpha value is -2.32. The molecule has 118 valence electrons. The van der Waals surface area contributed by atoms with Gasteiger partial charge in [0.15, 0.2) is 0 Å². The summed E-state index contributed by atoms with van der Waals surface area (Å²) in [6.45, 7) is 0.558. The minimum Gasteiger partial charge on any atom is -0.465 e. The minimum atomic E-state index is -0.0409. The summed E-state index contributed by atoms with van der Waals surface area (Å²) in [5, 5.41) is 12.3. The first kappa shape index (κ1) is 15.6. The van der Waals surface area contributed by atoms with Gasteiger partial charge in [0, 0.05) is 4.88 Å². The van der Waals surface area contributed by atoms with E-state index in [2.05, 4.69) is 20.5 Å². The topological polar surface area (TPSA) is 83.8 Å². The molecule has 0 fully saturated rings. The molecule has 0 unspecified atom stereocenters. The number of carbonyl (C=O) groups is 1. The van der Waals surface area contributed by atoms with Crippen LogP contribution in [0.5, 0.6) is 0 Å². The van der Waals surface area contributed by atoms with Crippen molar-refractivity contribution in [3.8, 4) is 0 Å². The Kier molecular flexibility index (Phi) is 5.28. The molecule has 0 aliphatic heterocycles. The summed E-state index contributed by atoms with van der Waals surface area (Å²) >= 11 is 2.91. The van der Waals surface area contributed by atoms with Gasteiger partial charge < -0.3 is 9.73 Å². The van der Waals surface area contributed by atoms with Crippen molar-refractivity contribution in [1.82, 2.24) is 20.5 Å². The lowest BCUT2D eigenvalue weighted by Crippen LogP contribution is -2.24. The summed E-state index contributed by atoms with van der Waals surface area (Å²) in [6.07, 6.45) is 5.17. The second kappa shape index (κ2) is 7.80. The molecule has 6 nitrogen and oxygen atoms in total. The fourth-order valence-corrected chi connectivity index (χ4v) is 3.00. The van der Waals surface area contributed by atoms with E-state index in [-0.39, 0.29) is 11.7 Å². The number of hydrogen-bond donors (Lipinski definition) is 2. The quantitative estimate of drug-likeness (QED) is 0.643. The summed E-state index contributed by atoms with van der Waals surface area (Å²) in [4.78, 5) is 17.2. The van der Waals surface area contributed by atoms with Gasteiger partial charge >= 0.3 is 0 Å². The van der Waals surface area contributed by atoms with Crippen LogP contribution in [-0.4, -0.2) is 26.8 Å². The van der Waals surface area contributed by atoms with Gasteiger partial charge in [-0.25, -0.2) is 4.98 Å². The third kappa shape index (κ3) is 4.83. The van der Waals surface area contributed by atoms with Crippen molar-refractivity contribution in [2.45, 2.75) is 11.7 Å². The zero-order chi connectivity index (χ0) is 15.9. The monoisotopic (exact) mass is 346 g/mol. The van der Waals surface area contributed by atoms with Gasteiger partial charge in [0.1, 0.15) is 11.6 Å². The van der Waals surface area contributed by atoms with E-state index in [1.54, 1.807) is 29.8 Å². The fourth-order valence-electron chi connectivity index (χ4n) is 1.72. The van der Waals surface area contributed by atoms with Crippen LogP contribution in [0, 0.1) is 0 Å². The molecule has 0 saturated heterocycles. The molecular formula is C15H14N4O2S2. The van der Waals surface area contributed by atoms with Crippen LogP contribution in [0.3, 0.4) is 0 Å². The van der Waals surface area contributed by atoms with E-state index in [0.29, 0.717) is 17.5 Å². The first-order chi connectivity index (χ1) is 11.3. The van der Waals surface area contributed by atoms with Gasteiger partial charge in [-0.2, -0.15) is 0 Å². The van der Waals surface area contributed by atoms with Crippen molar-refractivity contribution in [1.29, 1.82) is 0 Å². The lowest BCUT2D eigenvalue weighted by atomic mass is 10.4. The molecule has 23 heavy (non-hydrogen) atoms.